The van der Waals surface area contributed by atoms with Crippen molar-refractivity contribution in [2.75, 3.05) is 5.32 Å². The van der Waals surface area contributed by atoms with Gasteiger partial charge in [-0.1, -0.05) is 76.2 Å². The number of aromatic nitrogens is 1. The van der Waals surface area contributed by atoms with Crippen molar-refractivity contribution in [3.8, 4) is 0 Å². The number of hydrogen-bond acceptors (Lipinski definition) is 5. The molecule has 34 heavy (non-hydrogen) atoms. The molecule has 0 aliphatic carbocycles. The monoisotopic (exact) mass is 456 g/mol. The van der Waals surface area contributed by atoms with E-state index in [4.69, 9.17) is 0 Å². The molecule has 1 heterocycles. The highest BCUT2D eigenvalue weighted by molar-refractivity contribution is 6.35. The van der Waals surface area contributed by atoms with E-state index in [0.29, 0.717) is 23.1 Å². The molecule has 0 saturated heterocycles. The summed E-state index contributed by atoms with van der Waals surface area (Å²) in [7, 11) is 0. The predicted octanol–water partition coefficient (Wildman–Crippen LogP) is 6.53. The zero-order valence-corrected chi connectivity index (χ0v) is 20.4. The number of pyridine rings is 1. The van der Waals surface area contributed by atoms with E-state index < -0.39 is 11.8 Å². The normalized spacial score (nSPS) is 12.9. The van der Waals surface area contributed by atoms with Gasteiger partial charge < -0.3 is 10.4 Å². The second-order valence-corrected chi connectivity index (χ2v) is 9.11. The van der Waals surface area contributed by atoms with E-state index in [2.05, 4.69) is 38.0 Å². The van der Waals surface area contributed by atoms with Gasteiger partial charge in [0.2, 0.25) is 5.78 Å². The second kappa shape index (κ2) is 10.9. The van der Waals surface area contributed by atoms with Crippen LogP contribution in [-0.2, 0) is 9.59 Å². The van der Waals surface area contributed by atoms with Gasteiger partial charge in [0.25, 0.3) is 0 Å². The first kappa shape index (κ1) is 24.9. The highest BCUT2D eigenvalue weighted by Gasteiger charge is 2.27. The number of benzene rings is 2. The molecule has 0 fully saturated rings. The molecule has 3 aromatic rings. The SMILES string of the molecule is Cc1ccc(NC(C(C(=O)C=O)=C(O)c2ccc(C(C)C)cc2)c2ccc(C(C)C)cc2)cn1. The Bertz CT molecular complexity index is 1160. The van der Waals surface area contributed by atoms with Gasteiger partial charge in [0.05, 0.1) is 23.5 Å². The quantitative estimate of drug-likeness (QED) is 0.166. The first-order valence-corrected chi connectivity index (χ1v) is 11.5. The van der Waals surface area contributed by atoms with Crippen molar-refractivity contribution in [2.24, 2.45) is 0 Å². The molecule has 5 heteroatoms. The minimum atomic E-state index is -0.782. The van der Waals surface area contributed by atoms with Crippen molar-refractivity contribution in [3.63, 3.8) is 0 Å². The summed E-state index contributed by atoms with van der Waals surface area (Å²) in [5.74, 6) is -0.325. The summed E-state index contributed by atoms with van der Waals surface area (Å²) >= 11 is 0. The van der Waals surface area contributed by atoms with E-state index in [0.717, 1.165) is 22.4 Å². The van der Waals surface area contributed by atoms with E-state index >= 15 is 0 Å². The molecule has 0 aliphatic heterocycles. The fraction of sp³-hybridized carbons (Fsp3) is 0.276. The summed E-state index contributed by atoms with van der Waals surface area (Å²) < 4.78 is 0. The molecule has 2 aromatic carbocycles. The Morgan fingerprint density at radius 3 is 1.85 bits per heavy atom. The van der Waals surface area contributed by atoms with Gasteiger partial charge in [-0.2, -0.15) is 0 Å². The van der Waals surface area contributed by atoms with Crippen LogP contribution in [0.2, 0.25) is 0 Å². The Kier molecular flexibility index (Phi) is 8.00. The molecule has 3 rings (SSSR count). The maximum absolute atomic E-state index is 12.9. The Labute approximate surface area is 201 Å². The van der Waals surface area contributed by atoms with Crippen molar-refractivity contribution in [1.82, 2.24) is 4.98 Å². The molecule has 5 nitrogen and oxygen atoms in total. The Morgan fingerprint density at radius 1 is 0.853 bits per heavy atom. The fourth-order valence-corrected chi connectivity index (χ4v) is 3.76. The molecule has 1 unspecified atom stereocenters. The molecule has 0 spiro atoms. The number of aldehydes is 1. The second-order valence-electron chi connectivity index (χ2n) is 9.11. The van der Waals surface area contributed by atoms with Crippen LogP contribution in [0.3, 0.4) is 0 Å². The van der Waals surface area contributed by atoms with Gasteiger partial charge in [0, 0.05) is 11.3 Å². The molecule has 0 bridgehead atoms. The summed E-state index contributed by atoms with van der Waals surface area (Å²) in [4.78, 5) is 28.9. The van der Waals surface area contributed by atoms with Crippen LogP contribution >= 0.6 is 0 Å². The van der Waals surface area contributed by atoms with Gasteiger partial charge in [0.15, 0.2) is 6.29 Å². The highest BCUT2D eigenvalue weighted by atomic mass is 16.3. The zero-order valence-electron chi connectivity index (χ0n) is 20.4. The van der Waals surface area contributed by atoms with Crippen LogP contribution in [0.5, 0.6) is 0 Å². The molecule has 2 N–H and O–H groups in total. The summed E-state index contributed by atoms with van der Waals surface area (Å²) in [6.07, 6.45) is 1.92. The van der Waals surface area contributed by atoms with E-state index in [-0.39, 0.29) is 17.6 Å². The standard InChI is InChI=1S/C29H32N2O3/c1-18(2)21-7-11-23(12-8-21)28(31-25-15-6-20(5)30-16-25)27(26(33)17-32)29(34)24-13-9-22(10-14-24)19(3)4/h6-19,28,31,34H,1-5H3. The lowest BCUT2D eigenvalue weighted by Crippen LogP contribution is -2.22. The summed E-state index contributed by atoms with van der Waals surface area (Å²) in [6, 6.07) is 18.2. The lowest BCUT2D eigenvalue weighted by atomic mass is 9.90. The van der Waals surface area contributed by atoms with Gasteiger partial charge in [0.1, 0.15) is 5.76 Å². The number of nitrogens with zero attached hydrogens (tertiary/aromatic N) is 1. The van der Waals surface area contributed by atoms with E-state index in [1.165, 1.54) is 0 Å². The summed E-state index contributed by atoms with van der Waals surface area (Å²) in [6.45, 7) is 10.3. The lowest BCUT2D eigenvalue weighted by Gasteiger charge is -2.23. The minimum absolute atomic E-state index is 0.00910. The van der Waals surface area contributed by atoms with Crippen LogP contribution in [0.25, 0.3) is 5.76 Å². The number of aliphatic hydroxyl groups is 1. The molecule has 0 amide bonds. The Hall–Kier alpha value is -3.73. The van der Waals surface area contributed by atoms with Gasteiger partial charge in [-0.05, 0) is 47.6 Å². The first-order chi connectivity index (χ1) is 16.2. The molecule has 1 atom stereocenters. The number of rotatable bonds is 9. The minimum Gasteiger partial charge on any atom is -0.507 e. The number of carbonyl (C=O) groups excluding carboxylic acids is 2. The molecular formula is C29H32N2O3. The fourth-order valence-electron chi connectivity index (χ4n) is 3.76. The smallest absolute Gasteiger partial charge is 0.227 e. The van der Waals surface area contributed by atoms with Crippen molar-refractivity contribution < 1.29 is 14.7 Å². The molecule has 1 aromatic heterocycles. The van der Waals surface area contributed by atoms with E-state index in [1.54, 1.807) is 18.3 Å². The van der Waals surface area contributed by atoms with Crippen LogP contribution in [0.15, 0.2) is 72.4 Å². The Morgan fingerprint density at radius 2 is 1.38 bits per heavy atom. The third-order valence-electron chi connectivity index (χ3n) is 5.93. The van der Waals surface area contributed by atoms with Gasteiger partial charge in [-0.15, -0.1) is 0 Å². The summed E-state index contributed by atoms with van der Waals surface area (Å²) in [5.41, 5.74) is 5.01. The number of carbonyl (C=O) groups is 2. The van der Waals surface area contributed by atoms with Crippen molar-refractivity contribution in [2.45, 2.75) is 52.5 Å². The number of aliphatic hydroxyl groups excluding tert-OH is 1. The molecule has 0 radical (unpaired) electrons. The maximum atomic E-state index is 12.9. The van der Waals surface area contributed by atoms with Gasteiger partial charge >= 0.3 is 0 Å². The topological polar surface area (TPSA) is 79.3 Å². The number of anilines is 1. The third-order valence-corrected chi connectivity index (χ3v) is 5.93. The molecule has 0 saturated carbocycles. The van der Waals surface area contributed by atoms with Crippen molar-refractivity contribution in [1.29, 1.82) is 0 Å². The van der Waals surface area contributed by atoms with E-state index in [9.17, 15) is 14.7 Å². The maximum Gasteiger partial charge on any atom is 0.227 e. The van der Waals surface area contributed by atoms with Crippen LogP contribution in [-0.4, -0.2) is 22.2 Å². The number of nitrogens with one attached hydrogen (secondary N) is 1. The van der Waals surface area contributed by atoms with Crippen molar-refractivity contribution in [3.05, 3.63) is 100 Å². The van der Waals surface area contributed by atoms with Crippen LogP contribution in [0, 0.1) is 6.92 Å². The first-order valence-electron chi connectivity index (χ1n) is 11.5. The largest absolute Gasteiger partial charge is 0.507 e. The molecule has 176 valence electrons. The summed E-state index contributed by atoms with van der Waals surface area (Å²) in [5, 5.41) is 14.6. The predicted molar refractivity (Wildman–Crippen MR) is 137 cm³/mol. The third kappa shape index (κ3) is 5.79. The van der Waals surface area contributed by atoms with Crippen LogP contribution < -0.4 is 5.32 Å². The Balaban J connectivity index is 2.16. The number of Topliss-reactive ketones (excluding diaryl/α,β-unsaturated/α-hetero) is 1. The van der Waals surface area contributed by atoms with E-state index in [1.807, 2.05) is 55.5 Å². The zero-order chi connectivity index (χ0) is 24.8. The highest BCUT2D eigenvalue weighted by Crippen LogP contribution is 2.33. The number of ketones is 1. The van der Waals surface area contributed by atoms with Crippen molar-refractivity contribution >= 4 is 23.5 Å². The molecular weight excluding hydrogens is 424 g/mol. The average molecular weight is 457 g/mol. The molecule has 0 aliphatic rings. The lowest BCUT2D eigenvalue weighted by molar-refractivity contribution is -0.127. The van der Waals surface area contributed by atoms with Gasteiger partial charge in [-0.25, -0.2) is 0 Å². The van der Waals surface area contributed by atoms with Gasteiger partial charge in [-0.3, -0.25) is 14.6 Å². The number of hydrogen-bond donors (Lipinski definition) is 2. The number of aryl methyl sites for hydroxylation is 1. The average Bonchev–Trinajstić information content (AvgIpc) is 2.84. The van der Waals surface area contributed by atoms with Crippen LogP contribution in [0.4, 0.5) is 5.69 Å². The van der Waals surface area contributed by atoms with Crippen LogP contribution in [0.1, 0.15) is 73.5 Å².